The monoisotopic (exact) mass is 398 g/mol. The summed E-state index contributed by atoms with van der Waals surface area (Å²) in [6.45, 7) is -0.552. The first kappa shape index (κ1) is 20.2. The summed E-state index contributed by atoms with van der Waals surface area (Å²) in [5.41, 5.74) is -1.43. The summed E-state index contributed by atoms with van der Waals surface area (Å²) in [5.74, 6) is -4.33. The Kier molecular flexibility index (Phi) is 5.69. The predicted molar refractivity (Wildman–Crippen MR) is 89.1 cm³/mol. The molecule has 2 rings (SSSR count). The van der Waals surface area contributed by atoms with Gasteiger partial charge in [0.2, 0.25) is 0 Å². The summed E-state index contributed by atoms with van der Waals surface area (Å²) < 4.78 is 39.7. The summed E-state index contributed by atoms with van der Waals surface area (Å²) in [6.07, 6.45) is 0. The van der Waals surface area contributed by atoms with Crippen molar-refractivity contribution in [3.05, 3.63) is 52.6 Å². The maximum atomic E-state index is 12.8. The van der Waals surface area contributed by atoms with E-state index in [1.54, 1.807) is 0 Å². The van der Waals surface area contributed by atoms with Crippen LogP contribution >= 0.6 is 0 Å². The van der Waals surface area contributed by atoms with Crippen molar-refractivity contribution in [2.75, 3.05) is 7.11 Å². The Labute approximate surface area is 153 Å². The molecular weight excluding hydrogens is 384 g/mol. The van der Waals surface area contributed by atoms with E-state index in [2.05, 4.69) is 8.92 Å². The molecule has 0 atom stereocenters. The fourth-order valence-electron chi connectivity index (χ4n) is 2.30. The van der Waals surface area contributed by atoms with Gasteiger partial charge in [0.25, 0.3) is 0 Å². The molecule has 0 heterocycles. The average molecular weight is 398 g/mol. The number of carbonyl (C=O) groups excluding carboxylic acids is 2. The third kappa shape index (κ3) is 4.34. The van der Waals surface area contributed by atoms with Gasteiger partial charge in [-0.25, -0.2) is 4.79 Å². The van der Waals surface area contributed by atoms with Crippen molar-refractivity contribution in [3.63, 3.8) is 0 Å². The van der Waals surface area contributed by atoms with E-state index in [-0.39, 0.29) is 5.56 Å². The molecule has 0 aliphatic rings. The fraction of sp³-hybridized carbons (Fsp3) is 0.125. The lowest BCUT2D eigenvalue weighted by Crippen LogP contribution is -2.16. The summed E-state index contributed by atoms with van der Waals surface area (Å²) in [5, 5.41) is 28.8. The van der Waals surface area contributed by atoms with Gasteiger partial charge in [-0.05, 0) is 29.8 Å². The summed E-state index contributed by atoms with van der Waals surface area (Å²) in [7, 11) is -4.05. The number of aromatic hydroxyl groups is 2. The molecule has 2 aromatic carbocycles. The van der Waals surface area contributed by atoms with Crippen LogP contribution in [-0.2, 0) is 21.7 Å². The van der Waals surface area contributed by atoms with Crippen LogP contribution in [0.25, 0.3) is 0 Å². The Morgan fingerprint density at radius 3 is 2.33 bits per heavy atom. The lowest BCUT2D eigenvalue weighted by Gasteiger charge is -2.13. The van der Waals surface area contributed by atoms with E-state index in [4.69, 9.17) is 4.55 Å². The van der Waals surface area contributed by atoms with Crippen LogP contribution in [0.2, 0.25) is 0 Å². The van der Waals surface area contributed by atoms with Gasteiger partial charge < -0.3 is 24.2 Å². The van der Waals surface area contributed by atoms with Crippen LogP contribution in [0.15, 0.2) is 30.3 Å². The zero-order chi connectivity index (χ0) is 20.4. The number of rotatable bonds is 6. The van der Waals surface area contributed by atoms with Crippen molar-refractivity contribution in [2.24, 2.45) is 0 Å². The maximum Gasteiger partial charge on any atom is 0.446 e. The molecule has 27 heavy (non-hydrogen) atoms. The lowest BCUT2D eigenvalue weighted by molar-refractivity contribution is 0.0595. The highest BCUT2D eigenvalue weighted by atomic mass is 32.3. The minimum absolute atomic E-state index is 0.0959. The molecule has 0 aliphatic carbocycles. The minimum atomic E-state index is -5.02. The Bertz CT molecular complexity index is 1010. The average Bonchev–Trinajstić information content (AvgIpc) is 2.61. The molecule has 0 aromatic heterocycles. The predicted octanol–water partition coefficient (Wildman–Crippen LogP) is 0.789. The van der Waals surface area contributed by atoms with Crippen LogP contribution < -0.4 is 4.18 Å². The van der Waals surface area contributed by atoms with Crippen molar-refractivity contribution in [3.8, 4) is 17.2 Å². The van der Waals surface area contributed by atoms with Gasteiger partial charge in [-0.3, -0.25) is 9.35 Å². The van der Waals surface area contributed by atoms with E-state index in [0.29, 0.717) is 0 Å². The van der Waals surface area contributed by atoms with E-state index in [1.807, 2.05) is 0 Å². The second-order valence-electron chi connectivity index (χ2n) is 5.18. The maximum absolute atomic E-state index is 12.8. The van der Waals surface area contributed by atoms with E-state index >= 15 is 0 Å². The van der Waals surface area contributed by atoms with Crippen molar-refractivity contribution < 1.29 is 46.8 Å². The molecule has 0 bridgehead atoms. The van der Waals surface area contributed by atoms with Crippen LogP contribution in [0, 0.1) is 0 Å². The molecule has 2 aromatic rings. The molecule has 0 aliphatic heterocycles. The molecule has 11 heteroatoms. The number of ketones is 1. The Morgan fingerprint density at radius 2 is 1.78 bits per heavy atom. The van der Waals surface area contributed by atoms with Gasteiger partial charge in [0.05, 0.1) is 19.3 Å². The molecule has 0 saturated heterocycles. The Morgan fingerprint density at radius 1 is 1.11 bits per heavy atom. The zero-order valence-corrected chi connectivity index (χ0v) is 14.6. The van der Waals surface area contributed by atoms with Crippen molar-refractivity contribution in [1.82, 2.24) is 0 Å². The SMILES string of the molecule is COC(=O)c1c(OS(=O)(=O)O)cccc1C(=O)c1cc(CO)cc(O)c1O. The van der Waals surface area contributed by atoms with Crippen LogP contribution in [0.3, 0.4) is 0 Å². The molecular formula is C16H14O10S. The normalized spacial score (nSPS) is 11.1. The number of phenols is 2. The lowest BCUT2D eigenvalue weighted by atomic mass is 9.95. The van der Waals surface area contributed by atoms with Crippen LogP contribution in [0.1, 0.15) is 31.8 Å². The van der Waals surface area contributed by atoms with Gasteiger partial charge in [-0.1, -0.05) is 6.07 Å². The molecule has 0 spiro atoms. The topological polar surface area (TPSA) is 168 Å². The van der Waals surface area contributed by atoms with Gasteiger partial charge >= 0.3 is 16.4 Å². The molecule has 0 unspecified atom stereocenters. The molecule has 0 saturated carbocycles. The summed E-state index contributed by atoms with van der Waals surface area (Å²) in [6, 6.07) is 5.39. The molecule has 0 amide bonds. The third-order valence-corrected chi connectivity index (χ3v) is 3.82. The number of benzene rings is 2. The number of hydrogen-bond donors (Lipinski definition) is 4. The summed E-state index contributed by atoms with van der Waals surface area (Å²) >= 11 is 0. The van der Waals surface area contributed by atoms with Crippen molar-refractivity contribution in [2.45, 2.75) is 6.61 Å². The number of ether oxygens (including phenoxy) is 1. The molecule has 10 nitrogen and oxygen atoms in total. The number of carbonyl (C=O) groups is 2. The van der Waals surface area contributed by atoms with Gasteiger partial charge in [0.15, 0.2) is 23.0 Å². The number of methoxy groups -OCH3 is 1. The number of esters is 1. The summed E-state index contributed by atoms with van der Waals surface area (Å²) in [4.78, 5) is 24.9. The van der Waals surface area contributed by atoms with Crippen molar-refractivity contribution in [1.29, 1.82) is 0 Å². The van der Waals surface area contributed by atoms with Crippen LogP contribution in [0.4, 0.5) is 0 Å². The quantitative estimate of drug-likeness (QED) is 0.236. The van der Waals surface area contributed by atoms with Gasteiger partial charge in [0.1, 0.15) is 5.56 Å². The second kappa shape index (κ2) is 7.61. The highest BCUT2D eigenvalue weighted by Crippen LogP contribution is 2.34. The highest BCUT2D eigenvalue weighted by molar-refractivity contribution is 7.81. The van der Waals surface area contributed by atoms with Crippen molar-refractivity contribution >= 4 is 22.2 Å². The zero-order valence-electron chi connectivity index (χ0n) is 13.7. The smallest absolute Gasteiger partial charge is 0.446 e. The van der Waals surface area contributed by atoms with E-state index < -0.39 is 62.7 Å². The molecule has 0 radical (unpaired) electrons. The highest BCUT2D eigenvalue weighted by Gasteiger charge is 2.28. The number of phenolic OH excluding ortho intramolecular Hbond substituents is 2. The second-order valence-corrected chi connectivity index (χ2v) is 6.20. The van der Waals surface area contributed by atoms with Crippen LogP contribution in [-0.4, -0.2) is 47.2 Å². The van der Waals surface area contributed by atoms with Crippen LogP contribution in [0.5, 0.6) is 17.2 Å². The Hall–Kier alpha value is -3.15. The van der Waals surface area contributed by atoms with E-state index in [1.165, 1.54) is 0 Å². The fourth-order valence-corrected chi connectivity index (χ4v) is 2.67. The first-order valence-corrected chi connectivity index (χ1v) is 8.54. The first-order chi connectivity index (χ1) is 12.6. The van der Waals surface area contributed by atoms with Gasteiger partial charge in [0, 0.05) is 5.56 Å². The Balaban J connectivity index is 2.72. The molecule has 0 fully saturated rings. The molecule has 144 valence electrons. The molecule has 4 N–H and O–H groups in total. The van der Waals surface area contributed by atoms with E-state index in [9.17, 15) is 33.3 Å². The van der Waals surface area contributed by atoms with Gasteiger partial charge in [-0.15, -0.1) is 0 Å². The third-order valence-electron chi connectivity index (χ3n) is 3.43. The van der Waals surface area contributed by atoms with E-state index in [0.717, 1.165) is 37.4 Å². The standard InChI is InChI=1S/C16H14O10S/c1-25-16(21)13-9(3-2-4-12(13)26-27(22,23)24)14(19)10-5-8(7-17)6-11(18)15(10)20/h2-6,17-18,20H,7H2,1H3,(H,22,23,24). The van der Waals surface area contributed by atoms with Gasteiger partial charge in [-0.2, -0.15) is 8.42 Å². The number of hydrogen-bond acceptors (Lipinski definition) is 9. The minimum Gasteiger partial charge on any atom is -0.504 e. The number of aliphatic hydroxyl groups is 1. The number of aliphatic hydroxyl groups excluding tert-OH is 1. The largest absolute Gasteiger partial charge is 0.504 e. The first-order valence-electron chi connectivity index (χ1n) is 7.17.